The first-order chi connectivity index (χ1) is 7.60. The molecule has 2 aliphatic rings. The van der Waals surface area contributed by atoms with Crippen LogP contribution in [0.5, 0.6) is 0 Å². The van der Waals surface area contributed by atoms with Gasteiger partial charge in [0.2, 0.25) is 5.91 Å². The van der Waals surface area contributed by atoms with Crippen molar-refractivity contribution in [3.63, 3.8) is 0 Å². The van der Waals surface area contributed by atoms with Crippen molar-refractivity contribution in [2.45, 2.75) is 51.5 Å². The molecule has 1 amide bonds. The highest BCUT2D eigenvalue weighted by molar-refractivity contribution is 5.79. The maximum absolute atomic E-state index is 11.5. The molecule has 0 aromatic carbocycles. The molecule has 3 heteroatoms. The first kappa shape index (κ1) is 11.9. The number of hydrogen-bond acceptors (Lipinski definition) is 2. The van der Waals surface area contributed by atoms with Crippen molar-refractivity contribution in [1.82, 2.24) is 5.32 Å². The predicted octanol–water partition coefficient (Wildman–Crippen LogP) is 2.11. The van der Waals surface area contributed by atoms with Gasteiger partial charge in [-0.25, -0.2) is 0 Å². The third kappa shape index (κ3) is 2.76. The lowest BCUT2D eigenvalue weighted by Gasteiger charge is -2.33. The van der Waals surface area contributed by atoms with Crippen molar-refractivity contribution in [1.29, 1.82) is 0 Å². The molecule has 0 bridgehead atoms. The van der Waals surface area contributed by atoms with Gasteiger partial charge in [-0.1, -0.05) is 13.8 Å². The van der Waals surface area contributed by atoms with Gasteiger partial charge in [0.15, 0.2) is 0 Å². The summed E-state index contributed by atoms with van der Waals surface area (Å²) >= 11 is 0. The molecule has 0 radical (unpaired) electrons. The summed E-state index contributed by atoms with van der Waals surface area (Å²) in [6.07, 6.45) is 5.10. The Kier molecular flexibility index (Phi) is 3.53. The summed E-state index contributed by atoms with van der Waals surface area (Å²) in [5, 5.41) is 3.23. The third-order valence-electron chi connectivity index (χ3n) is 3.74. The van der Waals surface area contributed by atoms with Gasteiger partial charge in [0.05, 0.1) is 0 Å². The van der Waals surface area contributed by atoms with Gasteiger partial charge >= 0.3 is 0 Å². The van der Waals surface area contributed by atoms with Crippen LogP contribution < -0.4 is 5.32 Å². The molecule has 2 aliphatic heterocycles. The molecular weight excluding hydrogens is 202 g/mol. The van der Waals surface area contributed by atoms with E-state index in [4.69, 9.17) is 4.74 Å². The molecule has 92 valence electrons. The molecular formula is C13H23NO2. The second-order valence-corrected chi connectivity index (χ2v) is 5.86. The minimum Gasteiger partial charge on any atom is -0.381 e. The van der Waals surface area contributed by atoms with E-state index < -0.39 is 0 Å². The van der Waals surface area contributed by atoms with Crippen molar-refractivity contribution in [2.75, 3.05) is 13.2 Å². The number of amides is 1. The fraction of sp³-hybridized carbons (Fsp3) is 0.923. The zero-order valence-electron chi connectivity index (χ0n) is 10.4. The van der Waals surface area contributed by atoms with Crippen LogP contribution in [0.1, 0.15) is 46.0 Å². The van der Waals surface area contributed by atoms with Crippen LogP contribution in [-0.2, 0) is 9.53 Å². The highest BCUT2D eigenvalue weighted by atomic mass is 16.5. The van der Waals surface area contributed by atoms with Crippen molar-refractivity contribution in [2.24, 2.45) is 11.8 Å². The van der Waals surface area contributed by atoms with Crippen LogP contribution in [0.4, 0.5) is 0 Å². The summed E-state index contributed by atoms with van der Waals surface area (Å²) in [7, 11) is 0. The molecule has 0 aliphatic carbocycles. The van der Waals surface area contributed by atoms with Gasteiger partial charge in [-0.3, -0.25) is 4.79 Å². The monoisotopic (exact) mass is 225 g/mol. The minimum atomic E-state index is 0.0730. The molecule has 2 fully saturated rings. The maximum atomic E-state index is 11.5. The van der Waals surface area contributed by atoms with Gasteiger partial charge in [-0.05, 0) is 37.5 Å². The molecule has 2 rings (SSSR count). The molecule has 0 saturated carbocycles. The maximum Gasteiger partial charge on any atom is 0.220 e. The summed E-state index contributed by atoms with van der Waals surface area (Å²) in [5.41, 5.74) is 0.0730. The Hall–Kier alpha value is -0.570. The first-order valence-corrected chi connectivity index (χ1v) is 6.48. The molecule has 0 spiro atoms. The Morgan fingerprint density at radius 2 is 2.38 bits per heavy atom. The van der Waals surface area contributed by atoms with Gasteiger partial charge in [0.1, 0.15) is 0 Å². The summed E-state index contributed by atoms with van der Waals surface area (Å²) < 4.78 is 5.43. The lowest BCUT2D eigenvalue weighted by molar-refractivity contribution is -0.120. The van der Waals surface area contributed by atoms with E-state index in [9.17, 15) is 4.79 Å². The molecule has 3 nitrogen and oxygen atoms in total. The Morgan fingerprint density at radius 1 is 1.56 bits per heavy atom. The highest BCUT2D eigenvalue weighted by Gasteiger charge is 2.40. The van der Waals surface area contributed by atoms with E-state index >= 15 is 0 Å². The van der Waals surface area contributed by atoms with E-state index in [1.54, 1.807) is 0 Å². The number of ether oxygens (including phenoxy) is 1. The molecule has 2 heterocycles. The molecule has 0 aromatic rings. The van der Waals surface area contributed by atoms with Crippen molar-refractivity contribution >= 4 is 5.91 Å². The van der Waals surface area contributed by atoms with Crippen molar-refractivity contribution < 1.29 is 9.53 Å². The van der Waals surface area contributed by atoms with E-state index in [1.165, 1.54) is 0 Å². The zero-order valence-corrected chi connectivity index (χ0v) is 10.4. The smallest absolute Gasteiger partial charge is 0.220 e. The van der Waals surface area contributed by atoms with Crippen LogP contribution in [0, 0.1) is 11.8 Å². The summed E-state index contributed by atoms with van der Waals surface area (Å²) in [6, 6.07) is 0. The van der Waals surface area contributed by atoms with E-state index in [2.05, 4.69) is 19.2 Å². The topological polar surface area (TPSA) is 38.3 Å². The minimum absolute atomic E-state index is 0.0730. The zero-order chi connectivity index (χ0) is 11.6. The SMILES string of the molecule is CC(C)CC1(CC2CCOC2)CCC(=O)N1. The lowest BCUT2D eigenvalue weighted by Crippen LogP contribution is -2.44. The molecule has 2 unspecified atom stereocenters. The van der Waals surface area contributed by atoms with Gasteiger partial charge < -0.3 is 10.1 Å². The fourth-order valence-electron chi connectivity index (χ4n) is 3.24. The highest BCUT2D eigenvalue weighted by Crippen LogP contribution is 2.35. The summed E-state index contributed by atoms with van der Waals surface area (Å²) in [4.78, 5) is 11.5. The number of rotatable bonds is 4. The average Bonchev–Trinajstić information content (AvgIpc) is 2.76. The normalized spacial score (nSPS) is 34.7. The Morgan fingerprint density at radius 3 is 2.88 bits per heavy atom. The largest absolute Gasteiger partial charge is 0.381 e. The Labute approximate surface area is 97.9 Å². The summed E-state index contributed by atoms with van der Waals surface area (Å²) in [6.45, 7) is 6.25. The standard InChI is InChI=1S/C13H23NO2/c1-10(2)7-13(5-3-12(15)14-13)8-11-4-6-16-9-11/h10-11H,3-9H2,1-2H3,(H,14,15). The molecule has 16 heavy (non-hydrogen) atoms. The fourth-order valence-corrected chi connectivity index (χ4v) is 3.24. The number of carbonyl (C=O) groups excluding carboxylic acids is 1. The van der Waals surface area contributed by atoms with Crippen LogP contribution in [0.15, 0.2) is 0 Å². The molecule has 1 N–H and O–H groups in total. The quantitative estimate of drug-likeness (QED) is 0.795. The second kappa shape index (κ2) is 4.74. The van der Waals surface area contributed by atoms with Crippen LogP contribution in [0.3, 0.4) is 0 Å². The van der Waals surface area contributed by atoms with E-state index in [0.29, 0.717) is 18.3 Å². The molecule has 2 atom stereocenters. The van der Waals surface area contributed by atoms with Crippen LogP contribution >= 0.6 is 0 Å². The van der Waals surface area contributed by atoms with Gasteiger partial charge in [-0.2, -0.15) is 0 Å². The molecule has 0 aromatic heterocycles. The first-order valence-electron chi connectivity index (χ1n) is 6.48. The Balaban J connectivity index is 1.99. The van der Waals surface area contributed by atoms with E-state index in [1.807, 2.05) is 0 Å². The lowest BCUT2D eigenvalue weighted by atomic mass is 9.80. The second-order valence-electron chi connectivity index (χ2n) is 5.86. The number of hydrogen-bond donors (Lipinski definition) is 1. The molecule has 2 saturated heterocycles. The average molecular weight is 225 g/mol. The third-order valence-corrected chi connectivity index (χ3v) is 3.74. The van der Waals surface area contributed by atoms with Gasteiger partial charge in [0.25, 0.3) is 0 Å². The van der Waals surface area contributed by atoms with Gasteiger partial charge in [-0.15, -0.1) is 0 Å². The van der Waals surface area contributed by atoms with Gasteiger partial charge in [0, 0.05) is 25.2 Å². The number of carbonyl (C=O) groups is 1. The van der Waals surface area contributed by atoms with Crippen LogP contribution in [0.2, 0.25) is 0 Å². The van der Waals surface area contributed by atoms with E-state index in [0.717, 1.165) is 38.9 Å². The van der Waals surface area contributed by atoms with E-state index in [-0.39, 0.29) is 11.4 Å². The number of nitrogens with one attached hydrogen (secondary N) is 1. The van der Waals surface area contributed by atoms with Crippen molar-refractivity contribution in [3.05, 3.63) is 0 Å². The van der Waals surface area contributed by atoms with Crippen LogP contribution in [-0.4, -0.2) is 24.7 Å². The predicted molar refractivity (Wildman–Crippen MR) is 63.1 cm³/mol. The van der Waals surface area contributed by atoms with Crippen molar-refractivity contribution in [3.8, 4) is 0 Å². The van der Waals surface area contributed by atoms with Crippen LogP contribution in [0.25, 0.3) is 0 Å². The summed E-state index contributed by atoms with van der Waals surface area (Å²) in [5.74, 6) is 1.53. The Bertz CT molecular complexity index is 259.